The van der Waals surface area contributed by atoms with Crippen LogP contribution in [-0.2, 0) is 28.6 Å². The van der Waals surface area contributed by atoms with Crippen molar-refractivity contribution in [3.8, 4) is 0 Å². The van der Waals surface area contributed by atoms with Crippen LogP contribution in [0.1, 0.15) is 252 Å². The van der Waals surface area contributed by atoms with Crippen molar-refractivity contribution in [3.05, 3.63) is 122 Å². The fraction of sp³-hybridized carbons (Fsp3) is 0.646. The molecular weight excluding hydrogens is 877 g/mol. The summed E-state index contributed by atoms with van der Waals surface area (Å²) in [5.41, 5.74) is 0. The highest BCUT2D eigenvalue weighted by Gasteiger charge is 2.19. The SMILES string of the molecule is CC/C=C\C/C=C\C/C=C\C/C=C\C/C=C\CCCCCCCCCC(=O)OCC(COC(=O)CCCCC/C=C\C/C=C\C/C=C\CC)OC(=O)CCCCCCCCC/C=C\C/C=C\CCCCC. The van der Waals surface area contributed by atoms with Crippen LogP contribution in [0.4, 0.5) is 0 Å². The summed E-state index contributed by atoms with van der Waals surface area (Å²) in [6.45, 7) is 6.34. The summed E-state index contributed by atoms with van der Waals surface area (Å²) in [6, 6.07) is 0. The maximum absolute atomic E-state index is 12.9. The van der Waals surface area contributed by atoms with E-state index in [1.54, 1.807) is 0 Å². The van der Waals surface area contributed by atoms with E-state index in [1.807, 2.05) is 0 Å². The van der Waals surface area contributed by atoms with Gasteiger partial charge in [0, 0.05) is 19.3 Å². The zero-order valence-electron chi connectivity index (χ0n) is 45.9. The van der Waals surface area contributed by atoms with E-state index in [2.05, 4.69) is 142 Å². The van der Waals surface area contributed by atoms with Gasteiger partial charge in [-0.15, -0.1) is 0 Å². The Bertz CT molecular complexity index is 1500. The Balaban J connectivity index is 4.42. The highest BCUT2D eigenvalue weighted by molar-refractivity contribution is 5.71. The minimum absolute atomic E-state index is 0.0996. The molecule has 6 heteroatoms. The molecule has 0 rings (SSSR count). The van der Waals surface area contributed by atoms with E-state index in [4.69, 9.17) is 14.2 Å². The summed E-state index contributed by atoms with van der Waals surface area (Å²) in [6.07, 6.45) is 80.4. The minimum atomic E-state index is -0.803. The van der Waals surface area contributed by atoms with Crippen molar-refractivity contribution in [1.82, 2.24) is 0 Å². The van der Waals surface area contributed by atoms with Crippen molar-refractivity contribution < 1.29 is 28.6 Å². The van der Waals surface area contributed by atoms with Gasteiger partial charge in [-0.3, -0.25) is 14.4 Å². The van der Waals surface area contributed by atoms with Crippen LogP contribution >= 0.6 is 0 Å². The molecule has 0 aromatic rings. The van der Waals surface area contributed by atoms with Gasteiger partial charge in [0.15, 0.2) is 6.10 Å². The molecule has 6 nitrogen and oxygen atoms in total. The van der Waals surface area contributed by atoms with E-state index in [1.165, 1.54) is 77.0 Å². The third-order valence-electron chi connectivity index (χ3n) is 11.9. The molecule has 0 heterocycles. The topological polar surface area (TPSA) is 78.9 Å². The zero-order chi connectivity index (χ0) is 51.4. The van der Waals surface area contributed by atoms with Gasteiger partial charge in [0.25, 0.3) is 0 Å². The molecule has 0 aliphatic rings. The maximum atomic E-state index is 12.9. The highest BCUT2D eigenvalue weighted by Crippen LogP contribution is 2.14. The quantitative estimate of drug-likeness (QED) is 0.0261. The maximum Gasteiger partial charge on any atom is 0.306 e. The van der Waals surface area contributed by atoms with E-state index in [0.717, 1.165) is 135 Å². The third kappa shape index (κ3) is 56.6. The summed E-state index contributed by atoms with van der Waals surface area (Å²) in [5.74, 6) is -0.949. The number of unbranched alkanes of at least 4 members (excludes halogenated alkanes) is 20. The Labute approximate surface area is 437 Å². The first-order chi connectivity index (χ1) is 35.0. The Morgan fingerprint density at radius 2 is 0.549 bits per heavy atom. The molecule has 0 radical (unpaired) electrons. The molecule has 0 bridgehead atoms. The van der Waals surface area contributed by atoms with Gasteiger partial charge in [0.1, 0.15) is 13.2 Å². The highest BCUT2D eigenvalue weighted by atomic mass is 16.6. The lowest BCUT2D eigenvalue weighted by Gasteiger charge is -2.18. The van der Waals surface area contributed by atoms with Crippen LogP contribution in [-0.4, -0.2) is 37.2 Å². The van der Waals surface area contributed by atoms with Crippen LogP contribution in [0.15, 0.2) is 122 Å². The molecule has 0 aromatic carbocycles. The van der Waals surface area contributed by atoms with Gasteiger partial charge in [-0.2, -0.15) is 0 Å². The smallest absolute Gasteiger partial charge is 0.306 e. The lowest BCUT2D eigenvalue weighted by molar-refractivity contribution is -0.167. The summed E-state index contributed by atoms with van der Waals surface area (Å²) in [5, 5.41) is 0. The average molecular weight is 984 g/mol. The van der Waals surface area contributed by atoms with Crippen molar-refractivity contribution in [1.29, 1.82) is 0 Å². The number of carbonyl (C=O) groups excluding carboxylic acids is 3. The molecule has 0 N–H and O–H groups in total. The lowest BCUT2D eigenvalue weighted by Crippen LogP contribution is -2.30. The first-order valence-electron chi connectivity index (χ1n) is 29.0. The largest absolute Gasteiger partial charge is 0.462 e. The van der Waals surface area contributed by atoms with Crippen molar-refractivity contribution in [2.75, 3.05) is 13.2 Å². The summed E-state index contributed by atoms with van der Waals surface area (Å²) < 4.78 is 16.8. The predicted molar refractivity (Wildman–Crippen MR) is 306 cm³/mol. The second-order valence-corrected chi connectivity index (χ2v) is 18.8. The normalized spacial score (nSPS) is 13.0. The van der Waals surface area contributed by atoms with E-state index >= 15 is 0 Å². The first kappa shape index (κ1) is 66.8. The first-order valence-corrected chi connectivity index (χ1v) is 29.0. The van der Waals surface area contributed by atoms with Gasteiger partial charge >= 0.3 is 17.9 Å². The van der Waals surface area contributed by atoms with Crippen molar-refractivity contribution >= 4 is 17.9 Å². The van der Waals surface area contributed by atoms with Crippen LogP contribution in [0.2, 0.25) is 0 Å². The molecule has 1 atom stereocenters. The standard InChI is InChI=1S/C65H106O6/c1-4-7-10-13-16-19-22-25-27-29-30-31-32-33-34-36-37-40-43-46-49-52-55-58-64(67)70-61-62(60-69-63(66)57-54-51-48-45-42-39-24-21-18-15-12-9-6-3)71-65(68)59-56-53-50-47-44-41-38-35-28-26-23-20-17-14-11-8-5-2/h7,9-10,12,16-21,25-28,30-31,33-34,39,42,62H,4-6,8,11,13-15,22-24,29,32,35-38,40-41,43-61H2,1-3H3/b10-7-,12-9-,19-16-,20-17-,21-18-,27-25-,28-26-,31-30-,34-33-,42-39-. The molecule has 0 aliphatic heterocycles. The molecule has 0 aliphatic carbocycles. The fourth-order valence-corrected chi connectivity index (χ4v) is 7.63. The molecule has 1 unspecified atom stereocenters. The van der Waals surface area contributed by atoms with Crippen LogP contribution in [0.25, 0.3) is 0 Å². The summed E-state index contributed by atoms with van der Waals surface area (Å²) >= 11 is 0. The van der Waals surface area contributed by atoms with Crippen molar-refractivity contribution in [2.45, 2.75) is 258 Å². The number of esters is 3. The summed E-state index contributed by atoms with van der Waals surface area (Å²) in [7, 11) is 0. The lowest BCUT2D eigenvalue weighted by atomic mass is 10.1. The molecule has 0 spiro atoms. The van der Waals surface area contributed by atoms with Crippen LogP contribution in [0.5, 0.6) is 0 Å². The van der Waals surface area contributed by atoms with Crippen molar-refractivity contribution in [3.63, 3.8) is 0 Å². The number of ether oxygens (including phenoxy) is 3. The summed E-state index contributed by atoms with van der Waals surface area (Å²) in [4.78, 5) is 38.2. The number of rotatable bonds is 51. The molecule has 0 aromatic heterocycles. The second-order valence-electron chi connectivity index (χ2n) is 18.8. The Hall–Kier alpha value is -4.19. The molecule has 71 heavy (non-hydrogen) atoms. The second kappa shape index (κ2) is 58.4. The molecule has 0 amide bonds. The molecular formula is C65H106O6. The van der Waals surface area contributed by atoms with E-state index in [9.17, 15) is 14.4 Å². The zero-order valence-corrected chi connectivity index (χ0v) is 45.9. The van der Waals surface area contributed by atoms with Gasteiger partial charge in [0.05, 0.1) is 0 Å². The monoisotopic (exact) mass is 983 g/mol. The predicted octanol–water partition coefficient (Wildman–Crippen LogP) is 19.6. The molecule has 0 saturated carbocycles. The van der Waals surface area contributed by atoms with Crippen LogP contribution in [0.3, 0.4) is 0 Å². The average Bonchev–Trinajstić information content (AvgIpc) is 3.37. The Kier molecular flexibility index (Phi) is 54.9. The van der Waals surface area contributed by atoms with Gasteiger partial charge < -0.3 is 14.2 Å². The number of hydrogen-bond donors (Lipinski definition) is 0. The minimum Gasteiger partial charge on any atom is -0.462 e. The fourth-order valence-electron chi connectivity index (χ4n) is 7.63. The van der Waals surface area contributed by atoms with Crippen LogP contribution < -0.4 is 0 Å². The number of hydrogen-bond acceptors (Lipinski definition) is 6. The Morgan fingerprint density at radius 1 is 0.296 bits per heavy atom. The molecule has 0 saturated heterocycles. The van der Waals surface area contributed by atoms with E-state index in [0.29, 0.717) is 19.3 Å². The number of carbonyl (C=O) groups is 3. The number of allylic oxidation sites excluding steroid dienone is 20. The van der Waals surface area contributed by atoms with E-state index in [-0.39, 0.29) is 31.1 Å². The molecule has 402 valence electrons. The molecule has 0 fully saturated rings. The van der Waals surface area contributed by atoms with Gasteiger partial charge in [0.2, 0.25) is 0 Å². The van der Waals surface area contributed by atoms with E-state index < -0.39 is 6.10 Å². The van der Waals surface area contributed by atoms with Crippen molar-refractivity contribution in [2.24, 2.45) is 0 Å². The van der Waals surface area contributed by atoms with Gasteiger partial charge in [-0.1, -0.05) is 226 Å². The van der Waals surface area contributed by atoms with Gasteiger partial charge in [-0.25, -0.2) is 0 Å². The van der Waals surface area contributed by atoms with Crippen LogP contribution in [0, 0.1) is 0 Å². The third-order valence-corrected chi connectivity index (χ3v) is 11.9. The van der Waals surface area contributed by atoms with Gasteiger partial charge in [-0.05, 0) is 128 Å². The Morgan fingerprint density at radius 3 is 0.873 bits per heavy atom.